The topological polar surface area (TPSA) is 80.8 Å². The van der Waals surface area contributed by atoms with E-state index < -0.39 is 45.8 Å². The average molecular weight is 600 g/mol. The van der Waals surface area contributed by atoms with Gasteiger partial charge in [-0.1, -0.05) is 0 Å². The SMILES string of the molecule is CCC[CH2][Sn]([CH2]CCC)([CH2]CCC)[c]1ccc(N(C(=O)OC(C)(C)C)S(=O)(=O)CC=C=O)cc1. The van der Waals surface area contributed by atoms with Crippen molar-refractivity contribution in [2.45, 2.75) is 99.0 Å². The predicted octanol–water partition coefficient (Wildman–Crippen LogP) is 6.20. The molecule has 1 rings (SSSR count). The number of sulfonamides is 1. The molecular formula is C26H43NO5SSn. The van der Waals surface area contributed by atoms with Gasteiger partial charge in [-0.15, -0.1) is 0 Å². The number of hydrogen-bond donors (Lipinski definition) is 0. The van der Waals surface area contributed by atoms with Crippen LogP contribution in [0.2, 0.25) is 13.3 Å². The van der Waals surface area contributed by atoms with E-state index >= 15 is 0 Å². The van der Waals surface area contributed by atoms with E-state index in [1.807, 2.05) is 0 Å². The van der Waals surface area contributed by atoms with Gasteiger partial charge in [0.05, 0.1) is 0 Å². The summed E-state index contributed by atoms with van der Waals surface area (Å²) in [5.41, 5.74) is -0.629. The molecule has 0 heterocycles. The molecule has 0 saturated carbocycles. The fraction of sp³-hybridized carbons (Fsp3) is 0.654. The van der Waals surface area contributed by atoms with Crippen molar-refractivity contribution in [2.24, 2.45) is 0 Å². The number of hydrogen-bond acceptors (Lipinski definition) is 5. The van der Waals surface area contributed by atoms with Crippen LogP contribution < -0.4 is 7.88 Å². The zero-order valence-electron chi connectivity index (χ0n) is 21.9. The van der Waals surface area contributed by atoms with E-state index in [-0.39, 0.29) is 5.69 Å². The van der Waals surface area contributed by atoms with E-state index in [0.717, 1.165) is 6.08 Å². The molecule has 0 unspecified atom stereocenters. The van der Waals surface area contributed by atoms with Crippen LogP contribution in [0.15, 0.2) is 30.3 Å². The Morgan fingerprint density at radius 3 is 1.82 bits per heavy atom. The Balaban J connectivity index is 3.49. The Bertz CT molecular complexity index is 894. The van der Waals surface area contributed by atoms with Crippen molar-refractivity contribution in [3.05, 3.63) is 30.3 Å². The molecule has 0 saturated heterocycles. The zero-order valence-corrected chi connectivity index (χ0v) is 25.5. The molecule has 0 bridgehead atoms. The van der Waals surface area contributed by atoms with Crippen molar-refractivity contribution in [2.75, 3.05) is 10.1 Å². The van der Waals surface area contributed by atoms with Gasteiger partial charge < -0.3 is 0 Å². The molecule has 6 nitrogen and oxygen atoms in total. The number of ether oxygens (including phenoxy) is 1. The van der Waals surface area contributed by atoms with Gasteiger partial charge in [0.1, 0.15) is 0 Å². The van der Waals surface area contributed by atoms with Gasteiger partial charge >= 0.3 is 212 Å². The number of carbonyl (C=O) groups excluding carboxylic acids is 2. The van der Waals surface area contributed by atoms with Crippen molar-refractivity contribution in [1.82, 2.24) is 0 Å². The predicted molar refractivity (Wildman–Crippen MR) is 144 cm³/mol. The Labute approximate surface area is 211 Å². The van der Waals surface area contributed by atoms with E-state index in [9.17, 15) is 18.0 Å². The number of rotatable bonds is 14. The second-order valence-electron chi connectivity index (χ2n) is 9.98. The Kier molecular flexibility index (Phi) is 12.9. The molecule has 0 fully saturated rings. The van der Waals surface area contributed by atoms with Gasteiger partial charge in [0, 0.05) is 0 Å². The van der Waals surface area contributed by atoms with Crippen LogP contribution in [0, 0.1) is 0 Å². The van der Waals surface area contributed by atoms with Crippen LogP contribution in [0.5, 0.6) is 0 Å². The second-order valence-corrected chi connectivity index (χ2v) is 25.1. The van der Waals surface area contributed by atoms with Crippen LogP contribution >= 0.6 is 0 Å². The molecule has 0 aliphatic carbocycles. The van der Waals surface area contributed by atoms with E-state index in [1.165, 1.54) is 61.4 Å². The third-order valence-corrected chi connectivity index (χ3v) is 23.1. The quantitative estimate of drug-likeness (QED) is 0.188. The summed E-state index contributed by atoms with van der Waals surface area (Å²) in [6, 6.07) is 7.57. The Hall–Kier alpha value is -1.31. The number of benzene rings is 1. The van der Waals surface area contributed by atoms with Crippen LogP contribution in [-0.2, 0) is 19.6 Å². The van der Waals surface area contributed by atoms with Crippen molar-refractivity contribution in [1.29, 1.82) is 0 Å². The van der Waals surface area contributed by atoms with E-state index in [4.69, 9.17) is 4.74 Å². The van der Waals surface area contributed by atoms with E-state index in [0.29, 0.717) is 4.31 Å². The van der Waals surface area contributed by atoms with Crippen molar-refractivity contribution in [3.8, 4) is 0 Å². The van der Waals surface area contributed by atoms with Gasteiger partial charge in [0.2, 0.25) is 0 Å². The van der Waals surface area contributed by atoms with Gasteiger partial charge in [-0.3, -0.25) is 0 Å². The summed E-state index contributed by atoms with van der Waals surface area (Å²) in [6.07, 6.45) is 7.07. The maximum absolute atomic E-state index is 13.0. The second kappa shape index (κ2) is 14.3. The first kappa shape index (κ1) is 30.7. The standard InChI is InChI=1S/C14H16NO5S.3C4H9.Sn/c1-14(2,3)20-13(17)15(12-8-5-4-6-9-12)21(18,19)11-7-10-16;3*1-3-4-2;/h5-9H,11H2,1-3H3;3*1,3-4H2,2H3;. The molecular weight excluding hydrogens is 557 g/mol. The maximum atomic E-state index is 13.0. The van der Waals surface area contributed by atoms with Crippen LogP contribution in [0.1, 0.15) is 80.1 Å². The summed E-state index contributed by atoms with van der Waals surface area (Å²) >= 11 is -2.69. The van der Waals surface area contributed by atoms with E-state index in [1.54, 1.807) is 32.9 Å². The molecule has 0 spiro atoms. The van der Waals surface area contributed by atoms with Gasteiger partial charge in [-0.25, -0.2) is 0 Å². The normalized spacial score (nSPS) is 12.2. The molecule has 1 aromatic carbocycles. The zero-order chi connectivity index (χ0) is 25.8. The minimum absolute atomic E-state index is 0.235. The fourth-order valence-electron chi connectivity index (χ4n) is 4.20. The third-order valence-electron chi connectivity index (χ3n) is 5.96. The molecule has 34 heavy (non-hydrogen) atoms. The minimum atomic E-state index is -4.14. The molecule has 8 heteroatoms. The van der Waals surface area contributed by atoms with Gasteiger partial charge in [-0.2, -0.15) is 0 Å². The average Bonchev–Trinajstić information content (AvgIpc) is 2.77. The van der Waals surface area contributed by atoms with E-state index in [2.05, 4.69) is 32.9 Å². The number of nitrogens with zero attached hydrogens (tertiary/aromatic N) is 1. The fourth-order valence-corrected chi connectivity index (χ4v) is 21.3. The molecule has 192 valence electrons. The van der Waals surface area contributed by atoms with Gasteiger partial charge in [-0.05, 0) is 0 Å². The summed E-state index contributed by atoms with van der Waals surface area (Å²) in [5, 5.41) is 0. The van der Waals surface area contributed by atoms with Crippen LogP contribution in [0.3, 0.4) is 0 Å². The molecule has 0 N–H and O–H groups in total. The van der Waals surface area contributed by atoms with Crippen molar-refractivity contribution in [3.63, 3.8) is 0 Å². The molecule has 1 aromatic rings. The molecule has 1 amide bonds. The van der Waals surface area contributed by atoms with Crippen LogP contribution in [-0.4, -0.2) is 50.2 Å². The summed E-state index contributed by atoms with van der Waals surface area (Å²) in [5.74, 6) is 0.860. The Morgan fingerprint density at radius 2 is 1.44 bits per heavy atom. The third kappa shape index (κ3) is 9.38. The summed E-state index contributed by atoms with van der Waals surface area (Å²) < 4.78 is 37.2. The monoisotopic (exact) mass is 601 g/mol. The first-order valence-corrected chi connectivity index (χ1v) is 21.6. The summed E-state index contributed by atoms with van der Waals surface area (Å²) in [7, 11) is -4.14. The molecule has 0 aliphatic heterocycles. The first-order chi connectivity index (χ1) is 16.0. The molecule has 0 atom stereocenters. The first-order valence-electron chi connectivity index (χ1n) is 12.5. The number of anilines is 1. The van der Waals surface area contributed by atoms with Gasteiger partial charge in [0.15, 0.2) is 0 Å². The van der Waals surface area contributed by atoms with Crippen molar-refractivity contribution < 1.29 is 22.7 Å². The number of unbranched alkanes of at least 4 members (excludes halogenated alkanes) is 3. The number of carbonyl (C=O) groups is 1. The molecule has 0 radical (unpaired) electrons. The summed E-state index contributed by atoms with van der Waals surface area (Å²) in [4.78, 5) is 23.6. The van der Waals surface area contributed by atoms with Gasteiger partial charge in [0.25, 0.3) is 0 Å². The van der Waals surface area contributed by atoms with Crippen LogP contribution in [0.25, 0.3) is 0 Å². The van der Waals surface area contributed by atoms with Crippen LogP contribution in [0.4, 0.5) is 10.5 Å². The summed E-state index contributed by atoms with van der Waals surface area (Å²) in [6.45, 7) is 11.7. The van der Waals surface area contributed by atoms with Crippen molar-refractivity contribution >= 4 is 49.7 Å². The molecule has 0 aliphatic rings. The molecule has 0 aromatic heterocycles. The Morgan fingerprint density at radius 1 is 0.971 bits per heavy atom. The number of amides is 1.